The maximum atomic E-state index is 12.3. The first-order chi connectivity index (χ1) is 11.2. The lowest BCUT2D eigenvalue weighted by molar-refractivity contribution is 0.166. The number of anilines is 1. The third kappa shape index (κ3) is 3.37. The predicted octanol–water partition coefficient (Wildman–Crippen LogP) is 2.48. The highest BCUT2D eigenvalue weighted by Gasteiger charge is 2.28. The van der Waals surface area contributed by atoms with Gasteiger partial charge in [0, 0.05) is 18.8 Å². The standard InChI is InChI=1S/C17H22N4O2/c1-13(14-6-3-2-4-7-14)21-11-9-16(19-21)18-17(23)20-10-5-8-15(20)12-22/h2-4,6-7,9,11,13,15,22H,5,8,10,12H2,1H3,(H,18,19,23). The van der Waals surface area contributed by atoms with E-state index in [9.17, 15) is 9.90 Å². The third-order valence-corrected chi connectivity index (χ3v) is 4.37. The summed E-state index contributed by atoms with van der Waals surface area (Å²) in [6, 6.07) is 11.7. The van der Waals surface area contributed by atoms with Crippen LogP contribution in [0, 0.1) is 0 Å². The van der Waals surface area contributed by atoms with Gasteiger partial charge in [-0.1, -0.05) is 30.3 Å². The fraction of sp³-hybridized carbons (Fsp3) is 0.412. The van der Waals surface area contributed by atoms with E-state index in [1.54, 1.807) is 11.0 Å². The Morgan fingerprint density at radius 1 is 1.39 bits per heavy atom. The Kier molecular flexibility index (Phi) is 4.62. The van der Waals surface area contributed by atoms with Gasteiger partial charge in [0.2, 0.25) is 0 Å². The first-order valence-corrected chi connectivity index (χ1v) is 7.97. The van der Waals surface area contributed by atoms with Gasteiger partial charge in [0.1, 0.15) is 0 Å². The van der Waals surface area contributed by atoms with E-state index in [1.165, 1.54) is 0 Å². The highest BCUT2D eigenvalue weighted by Crippen LogP contribution is 2.20. The molecule has 1 aromatic heterocycles. The van der Waals surface area contributed by atoms with Crippen LogP contribution in [0.15, 0.2) is 42.6 Å². The van der Waals surface area contributed by atoms with Crippen molar-refractivity contribution in [3.8, 4) is 0 Å². The van der Waals surface area contributed by atoms with Crippen LogP contribution >= 0.6 is 0 Å². The van der Waals surface area contributed by atoms with E-state index in [2.05, 4.69) is 29.5 Å². The van der Waals surface area contributed by atoms with Crippen molar-refractivity contribution < 1.29 is 9.90 Å². The first-order valence-electron chi connectivity index (χ1n) is 7.97. The van der Waals surface area contributed by atoms with E-state index in [0.29, 0.717) is 12.4 Å². The minimum atomic E-state index is -0.195. The lowest BCUT2D eigenvalue weighted by Gasteiger charge is -2.22. The molecule has 2 N–H and O–H groups in total. The largest absolute Gasteiger partial charge is 0.394 e. The van der Waals surface area contributed by atoms with Gasteiger partial charge in [-0.15, -0.1) is 0 Å². The summed E-state index contributed by atoms with van der Waals surface area (Å²) >= 11 is 0. The molecule has 2 heterocycles. The Balaban J connectivity index is 1.66. The van der Waals surface area contributed by atoms with Crippen LogP contribution in [0.25, 0.3) is 0 Å². The first kappa shape index (κ1) is 15.6. The number of hydrogen-bond donors (Lipinski definition) is 2. The summed E-state index contributed by atoms with van der Waals surface area (Å²) in [5, 5.41) is 16.6. The third-order valence-electron chi connectivity index (χ3n) is 4.37. The Bertz CT molecular complexity index is 656. The Morgan fingerprint density at radius 3 is 2.91 bits per heavy atom. The Morgan fingerprint density at radius 2 is 2.17 bits per heavy atom. The fourth-order valence-corrected chi connectivity index (χ4v) is 2.98. The molecule has 1 aromatic carbocycles. The van der Waals surface area contributed by atoms with Gasteiger partial charge in [0.05, 0.1) is 18.7 Å². The van der Waals surface area contributed by atoms with E-state index in [1.807, 2.05) is 29.1 Å². The zero-order valence-electron chi connectivity index (χ0n) is 13.2. The molecule has 0 spiro atoms. The number of rotatable bonds is 4. The monoisotopic (exact) mass is 314 g/mol. The number of carbonyl (C=O) groups excluding carboxylic acids is 1. The molecule has 0 bridgehead atoms. The van der Waals surface area contributed by atoms with Gasteiger partial charge in [-0.25, -0.2) is 4.79 Å². The highest BCUT2D eigenvalue weighted by molar-refractivity contribution is 5.88. The van der Waals surface area contributed by atoms with Gasteiger partial charge in [0.15, 0.2) is 5.82 Å². The molecule has 23 heavy (non-hydrogen) atoms. The predicted molar refractivity (Wildman–Crippen MR) is 88.3 cm³/mol. The van der Waals surface area contributed by atoms with Crippen LogP contribution in [0.3, 0.4) is 0 Å². The number of nitrogens with zero attached hydrogens (tertiary/aromatic N) is 3. The highest BCUT2D eigenvalue weighted by atomic mass is 16.3. The molecule has 1 saturated heterocycles. The number of benzene rings is 1. The molecule has 2 atom stereocenters. The van der Waals surface area contributed by atoms with Crippen LogP contribution in [0.5, 0.6) is 0 Å². The molecular formula is C17H22N4O2. The zero-order valence-corrected chi connectivity index (χ0v) is 13.2. The molecule has 1 aliphatic heterocycles. The average Bonchev–Trinajstić information content (AvgIpc) is 3.23. The number of hydrogen-bond acceptors (Lipinski definition) is 3. The van der Waals surface area contributed by atoms with Crippen molar-refractivity contribution in [3.63, 3.8) is 0 Å². The second kappa shape index (κ2) is 6.83. The summed E-state index contributed by atoms with van der Waals surface area (Å²) < 4.78 is 1.83. The number of aliphatic hydroxyl groups excluding tert-OH is 1. The summed E-state index contributed by atoms with van der Waals surface area (Å²) in [5.41, 5.74) is 1.16. The van der Waals surface area contributed by atoms with Crippen LogP contribution in [-0.4, -0.2) is 45.0 Å². The topological polar surface area (TPSA) is 70.4 Å². The van der Waals surface area contributed by atoms with Crippen LogP contribution < -0.4 is 5.32 Å². The van der Waals surface area contributed by atoms with Crippen molar-refractivity contribution in [2.24, 2.45) is 0 Å². The molecule has 2 unspecified atom stereocenters. The second-order valence-electron chi connectivity index (χ2n) is 5.87. The van der Waals surface area contributed by atoms with Gasteiger partial charge in [-0.2, -0.15) is 5.10 Å². The number of urea groups is 1. The molecule has 3 rings (SSSR count). The van der Waals surface area contributed by atoms with E-state index in [4.69, 9.17) is 0 Å². The van der Waals surface area contributed by atoms with Crippen LogP contribution in [0.4, 0.5) is 10.6 Å². The average molecular weight is 314 g/mol. The summed E-state index contributed by atoms with van der Waals surface area (Å²) in [5.74, 6) is 0.529. The summed E-state index contributed by atoms with van der Waals surface area (Å²) in [6.07, 6.45) is 3.64. The molecule has 2 aromatic rings. The van der Waals surface area contributed by atoms with Crippen molar-refractivity contribution in [3.05, 3.63) is 48.2 Å². The summed E-state index contributed by atoms with van der Waals surface area (Å²) in [4.78, 5) is 14.0. The number of amides is 2. The van der Waals surface area contributed by atoms with Gasteiger partial charge in [-0.05, 0) is 25.3 Å². The SMILES string of the molecule is CC(c1ccccc1)n1ccc(NC(=O)N2CCCC2CO)n1. The van der Waals surface area contributed by atoms with E-state index in [0.717, 1.165) is 18.4 Å². The Hall–Kier alpha value is -2.34. The number of nitrogens with one attached hydrogen (secondary N) is 1. The van der Waals surface area contributed by atoms with Gasteiger partial charge in [0.25, 0.3) is 0 Å². The summed E-state index contributed by atoms with van der Waals surface area (Å²) in [7, 11) is 0. The zero-order chi connectivity index (χ0) is 16.2. The smallest absolute Gasteiger partial charge is 0.323 e. The van der Waals surface area contributed by atoms with Gasteiger partial charge < -0.3 is 10.0 Å². The van der Waals surface area contributed by atoms with E-state index >= 15 is 0 Å². The maximum Gasteiger partial charge on any atom is 0.323 e. The molecule has 1 aliphatic rings. The molecular weight excluding hydrogens is 292 g/mol. The minimum absolute atomic E-state index is 0.00685. The van der Waals surface area contributed by atoms with Gasteiger partial charge >= 0.3 is 6.03 Å². The normalized spacial score (nSPS) is 18.9. The van der Waals surface area contributed by atoms with Crippen LogP contribution in [0.1, 0.15) is 31.4 Å². The van der Waals surface area contributed by atoms with Crippen molar-refractivity contribution >= 4 is 11.8 Å². The maximum absolute atomic E-state index is 12.3. The minimum Gasteiger partial charge on any atom is -0.394 e. The molecule has 6 nitrogen and oxygen atoms in total. The molecule has 2 amide bonds. The quantitative estimate of drug-likeness (QED) is 0.911. The van der Waals surface area contributed by atoms with E-state index in [-0.39, 0.29) is 24.7 Å². The molecule has 0 aliphatic carbocycles. The Labute approximate surface area is 135 Å². The van der Waals surface area contributed by atoms with Crippen LogP contribution in [-0.2, 0) is 0 Å². The lowest BCUT2D eigenvalue weighted by Crippen LogP contribution is -2.40. The number of aliphatic hydroxyl groups is 1. The second-order valence-corrected chi connectivity index (χ2v) is 5.87. The molecule has 6 heteroatoms. The van der Waals surface area contributed by atoms with Crippen molar-refractivity contribution in [1.82, 2.24) is 14.7 Å². The van der Waals surface area contributed by atoms with Crippen LogP contribution in [0.2, 0.25) is 0 Å². The molecule has 0 radical (unpaired) electrons. The van der Waals surface area contributed by atoms with Gasteiger partial charge in [-0.3, -0.25) is 10.00 Å². The van der Waals surface area contributed by atoms with Crippen molar-refractivity contribution in [2.45, 2.75) is 31.8 Å². The van der Waals surface area contributed by atoms with Crippen molar-refractivity contribution in [1.29, 1.82) is 0 Å². The molecule has 1 fully saturated rings. The number of carbonyl (C=O) groups is 1. The molecule has 122 valence electrons. The fourth-order valence-electron chi connectivity index (χ4n) is 2.98. The number of aromatic nitrogens is 2. The lowest BCUT2D eigenvalue weighted by atomic mass is 10.1. The van der Waals surface area contributed by atoms with E-state index < -0.39 is 0 Å². The molecule has 0 saturated carbocycles. The summed E-state index contributed by atoms with van der Waals surface area (Å²) in [6.45, 7) is 2.75. The number of likely N-dealkylation sites (tertiary alicyclic amines) is 1. The van der Waals surface area contributed by atoms with Crippen molar-refractivity contribution in [2.75, 3.05) is 18.5 Å².